The fraction of sp³-hybridized carbons (Fsp3) is 0.667. The first-order valence-electron chi connectivity index (χ1n) is 6.75. The van der Waals surface area contributed by atoms with Gasteiger partial charge in [0.05, 0.1) is 19.1 Å². The number of ether oxygens (including phenoxy) is 1. The second kappa shape index (κ2) is 8.43. The summed E-state index contributed by atoms with van der Waals surface area (Å²) in [4.78, 5) is 14.1. The van der Waals surface area contributed by atoms with Crippen LogP contribution in [-0.2, 0) is 9.53 Å². The van der Waals surface area contributed by atoms with Crippen LogP contribution in [0, 0.1) is 5.92 Å². The summed E-state index contributed by atoms with van der Waals surface area (Å²) in [5.41, 5.74) is 2.51. The molecular formula is C15H25NO2S. The van der Waals surface area contributed by atoms with Crippen molar-refractivity contribution in [1.29, 1.82) is 0 Å². The molecule has 1 fully saturated rings. The lowest BCUT2D eigenvalue weighted by molar-refractivity contribution is -0.137. The summed E-state index contributed by atoms with van der Waals surface area (Å²) in [6.07, 6.45) is 6.32. The van der Waals surface area contributed by atoms with Crippen molar-refractivity contribution in [3.05, 3.63) is 23.3 Å². The normalized spacial score (nSPS) is 19.5. The summed E-state index contributed by atoms with van der Waals surface area (Å²) < 4.78 is 5.27. The number of rotatable bonds is 5. The van der Waals surface area contributed by atoms with Gasteiger partial charge in [-0.1, -0.05) is 30.2 Å². The number of nitrogens with zero attached hydrogens (tertiary/aromatic N) is 1. The Morgan fingerprint density at radius 1 is 1.37 bits per heavy atom. The van der Waals surface area contributed by atoms with Gasteiger partial charge in [0.25, 0.3) is 0 Å². The zero-order chi connectivity index (χ0) is 14.3. The van der Waals surface area contributed by atoms with Crippen molar-refractivity contribution >= 4 is 17.7 Å². The Morgan fingerprint density at radius 3 is 2.58 bits per heavy atom. The fourth-order valence-electron chi connectivity index (χ4n) is 2.24. The van der Waals surface area contributed by atoms with Crippen LogP contribution in [0.15, 0.2) is 23.3 Å². The van der Waals surface area contributed by atoms with Crippen LogP contribution in [0.25, 0.3) is 0 Å². The van der Waals surface area contributed by atoms with Crippen LogP contribution >= 0.6 is 11.8 Å². The molecule has 0 aromatic rings. The van der Waals surface area contributed by atoms with Crippen molar-refractivity contribution in [2.75, 3.05) is 38.3 Å². The Hall–Kier alpha value is -0.740. The Kier molecular flexibility index (Phi) is 7.24. The Labute approximate surface area is 121 Å². The first kappa shape index (κ1) is 16.3. The second-order valence-electron chi connectivity index (χ2n) is 5.06. The van der Waals surface area contributed by atoms with E-state index in [2.05, 4.69) is 32.3 Å². The zero-order valence-corrected chi connectivity index (χ0v) is 13.3. The first-order chi connectivity index (χ1) is 9.04. The lowest BCUT2D eigenvalue weighted by Crippen LogP contribution is -2.42. The Balaban J connectivity index is 2.58. The molecule has 3 nitrogen and oxygen atoms in total. The van der Waals surface area contributed by atoms with Crippen molar-refractivity contribution in [1.82, 2.24) is 4.90 Å². The van der Waals surface area contributed by atoms with Crippen molar-refractivity contribution < 1.29 is 9.53 Å². The standard InChI is InChI=1S/C15H25NO2S/c1-12(9-13(2)11-19-4)10-14(3)15(17)16-5-7-18-8-6-16/h9-10,14H,5-8,11H2,1-4H3/b12-10-,13-9-. The number of carbonyl (C=O) groups is 1. The van der Waals surface area contributed by atoms with E-state index in [-0.39, 0.29) is 11.8 Å². The third-order valence-electron chi connectivity index (χ3n) is 3.07. The molecule has 0 radical (unpaired) electrons. The van der Waals surface area contributed by atoms with Crippen molar-refractivity contribution in [3.8, 4) is 0 Å². The predicted molar refractivity (Wildman–Crippen MR) is 82.5 cm³/mol. The molecule has 1 aliphatic rings. The molecule has 0 N–H and O–H groups in total. The van der Waals surface area contributed by atoms with Gasteiger partial charge in [-0.05, 0) is 20.1 Å². The molecule has 1 rings (SSSR count). The van der Waals surface area contributed by atoms with Crippen molar-refractivity contribution in [2.24, 2.45) is 5.92 Å². The van der Waals surface area contributed by atoms with Gasteiger partial charge in [-0.2, -0.15) is 11.8 Å². The molecule has 1 heterocycles. The molecule has 1 aliphatic heterocycles. The Morgan fingerprint density at radius 2 is 2.00 bits per heavy atom. The van der Waals surface area contributed by atoms with E-state index in [0.29, 0.717) is 13.2 Å². The van der Waals surface area contributed by atoms with Crippen LogP contribution < -0.4 is 0 Å². The molecule has 1 amide bonds. The van der Waals surface area contributed by atoms with Gasteiger partial charge in [0.1, 0.15) is 0 Å². The highest BCUT2D eigenvalue weighted by molar-refractivity contribution is 7.98. The summed E-state index contributed by atoms with van der Waals surface area (Å²) in [6.45, 7) is 8.92. The number of morpholine rings is 1. The summed E-state index contributed by atoms with van der Waals surface area (Å²) in [6, 6.07) is 0. The summed E-state index contributed by atoms with van der Waals surface area (Å²) in [7, 11) is 0. The number of allylic oxidation sites excluding steroid dienone is 2. The molecule has 1 saturated heterocycles. The van der Waals surface area contributed by atoms with E-state index in [1.807, 2.05) is 23.6 Å². The quantitative estimate of drug-likeness (QED) is 0.727. The maximum absolute atomic E-state index is 12.2. The molecule has 1 unspecified atom stereocenters. The minimum atomic E-state index is -0.0589. The number of amides is 1. The van der Waals surface area contributed by atoms with E-state index in [0.717, 1.165) is 18.8 Å². The van der Waals surface area contributed by atoms with Gasteiger partial charge in [0.2, 0.25) is 5.91 Å². The van der Waals surface area contributed by atoms with Gasteiger partial charge in [0, 0.05) is 18.8 Å². The number of hydrogen-bond donors (Lipinski definition) is 0. The summed E-state index contributed by atoms with van der Waals surface area (Å²) in [5, 5.41) is 0. The summed E-state index contributed by atoms with van der Waals surface area (Å²) in [5.74, 6) is 1.19. The van der Waals surface area contributed by atoms with E-state index in [4.69, 9.17) is 4.74 Å². The van der Waals surface area contributed by atoms with Gasteiger partial charge in [0.15, 0.2) is 0 Å². The minimum absolute atomic E-state index is 0.0589. The highest BCUT2D eigenvalue weighted by Gasteiger charge is 2.20. The third kappa shape index (κ3) is 5.83. The van der Waals surface area contributed by atoms with Gasteiger partial charge in [-0.25, -0.2) is 0 Å². The minimum Gasteiger partial charge on any atom is -0.378 e. The topological polar surface area (TPSA) is 29.5 Å². The lowest BCUT2D eigenvalue weighted by atomic mass is 10.1. The molecule has 0 spiro atoms. The maximum Gasteiger partial charge on any atom is 0.229 e. The fourth-order valence-corrected chi connectivity index (χ4v) is 2.78. The lowest BCUT2D eigenvalue weighted by Gasteiger charge is -2.28. The van der Waals surface area contributed by atoms with Crippen LogP contribution in [0.5, 0.6) is 0 Å². The monoisotopic (exact) mass is 283 g/mol. The number of hydrogen-bond acceptors (Lipinski definition) is 3. The molecule has 0 bridgehead atoms. The molecule has 0 aromatic carbocycles. The van der Waals surface area contributed by atoms with Crippen molar-refractivity contribution in [3.63, 3.8) is 0 Å². The first-order valence-corrected chi connectivity index (χ1v) is 8.15. The third-order valence-corrected chi connectivity index (χ3v) is 3.82. The molecule has 108 valence electrons. The highest BCUT2D eigenvalue weighted by Crippen LogP contribution is 2.12. The van der Waals surface area contributed by atoms with Crippen LogP contribution in [-0.4, -0.2) is 49.1 Å². The van der Waals surface area contributed by atoms with E-state index < -0.39 is 0 Å². The van der Waals surface area contributed by atoms with E-state index >= 15 is 0 Å². The molecule has 4 heteroatoms. The van der Waals surface area contributed by atoms with E-state index in [1.165, 1.54) is 11.1 Å². The molecular weight excluding hydrogens is 258 g/mol. The average molecular weight is 283 g/mol. The maximum atomic E-state index is 12.2. The van der Waals surface area contributed by atoms with E-state index in [1.54, 1.807) is 0 Å². The largest absolute Gasteiger partial charge is 0.378 e. The molecule has 1 atom stereocenters. The van der Waals surface area contributed by atoms with Crippen molar-refractivity contribution in [2.45, 2.75) is 20.8 Å². The average Bonchev–Trinajstić information content (AvgIpc) is 2.38. The molecule has 0 saturated carbocycles. The van der Waals surface area contributed by atoms with E-state index in [9.17, 15) is 4.79 Å². The van der Waals surface area contributed by atoms with Gasteiger partial charge >= 0.3 is 0 Å². The van der Waals surface area contributed by atoms with Gasteiger partial charge < -0.3 is 9.64 Å². The van der Waals surface area contributed by atoms with Gasteiger partial charge in [-0.15, -0.1) is 0 Å². The smallest absolute Gasteiger partial charge is 0.229 e. The van der Waals surface area contributed by atoms with Gasteiger partial charge in [-0.3, -0.25) is 4.79 Å². The SMILES string of the molecule is CSC/C(C)=C\C(C)=C/C(C)C(=O)N1CCOCC1. The zero-order valence-electron chi connectivity index (χ0n) is 12.4. The van der Waals surface area contributed by atoms with Crippen LogP contribution in [0.4, 0.5) is 0 Å². The molecule has 0 aromatic heterocycles. The predicted octanol–water partition coefficient (Wildman–Crippen LogP) is 2.74. The van der Waals surface area contributed by atoms with Crippen LogP contribution in [0.2, 0.25) is 0 Å². The second-order valence-corrected chi connectivity index (χ2v) is 5.93. The molecule has 19 heavy (non-hydrogen) atoms. The highest BCUT2D eigenvalue weighted by atomic mass is 32.2. The Bertz CT molecular complexity index is 357. The van der Waals surface area contributed by atoms with Crippen LogP contribution in [0.1, 0.15) is 20.8 Å². The molecule has 0 aliphatic carbocycles. The van der Waals surface area contributed by atoms with Crippen LogP contribution in [0.3, 0.4) is 0 Å². The number of carbonyl (C=O) groups excluding carboxylic acids is 1. The number of thioether (sulfide) groups is 1. The summed E-state index contributed by atoms with van der Waals surface area (Å²) >= 11 is 1.82.